The van der Waals surface area contributed by atoms with Gasteiger partial charge in [0.15, 0.2) is 0 Å². The van der Waals surface area contributed by atoms with Gasteiger partial charge in [-0.05, 0) is 25.3 Å². The molecule has 2 nitrogen and oxygen atoms in total. The van der Waals surface area contributed by atoms with Gasteiger partial charge < -0.3 is 10.5 Å². The molecule has 1 heterocycles. The first-order valence-corrected chi connectivity index (χ1v) is 7.88. The van der Waals surface area contributed by atoms with Crippen molar-refractivity contribution in [3.05, 3.63) is 0 Å². The van der Waals surface area contributed by atoms with Crippen LogP contribution < -0.4 is 5.73 Å². The number of nitrogens with two attached hydrogens (primary N) is 1. The molecule has 0 aromatic rings. The summed E-state index contributed by atoms with van der Waals surface area (Å²) in [5.41, 5.74) is 6.00. The van der Waals surface area contributed by atoms with Crippen molar-refractivity contribution in [2.24, 2.45) is 5.73 Å². The third kappa shape index (κ3) is 4.12. The number of ether oxygens (including phenoxy) is 1. The van der Waals surface area contributed by atoms with E-state index in [0.29, 0.717) is 6.61 Å². The van der Waals surface area contributed by atoms with Crippen LogP contribution in [0, 0.1) is 0 Å². The summed E-state index contributed by atoms with van der Waals surface area (Å²) in [5, 5.41) is -0.705. The molecule has 15 heavy (non-hydrogen) atoms. The van der Waals surface area contributed by atoms with E-state index >= 15 is 0 Å². The number of halogens is 3. The monoisotopic (exact) mass is 241 g/mol. The first-order valence-electron chi connectivity index (χ1n) is 5.33. The van der Waals surface area contributed by atoms with E-state index in [1.54, 1.807) is 0 Å². The summed E-state index contributed by atoms with van der Waals surface area (Å²) < 4.78 is 41.6. The molecule has 1 saturated heterocycles. The Bertz CT molecular complexity index is 204. The van der Waals surface area contributed by atoms with Gasteiger partial charge in [-0.15, -0.1) is 0 Å². The van der Waals surface area contributed by atoms with Crippen LogP contribution in [0.5, 0.6) is 0 Å². The van der Waals surface area contributed by atoms with Crippen LogP contribution >= 0.6 is 0 Å². The minimum atomic E-state index is -4.06. The van der Waals surface area contributed by atoms with Crippen LogP contribution in [0.3, 0.4) is 0 Å². The third-order valence-electron chi connectivity index (χ3n) is 3.03. The van der Waals surface area contributed by atoms with Gasteiger partial charge in [0.05, 0.1) is 14.1 Å². The van der Waals surface area contributed by atoms with Gasteiger partial charge in [-0.2, -0.15) is 13.2 Å². The molecule has 0 amide bonds. The molecular weight excluding hydrogens is 223 g/mol. The van der Waals surface area contributed by atoms with Crippen molar-refractivity contribution in [3.8, 4) is 0 Å². The van der Waals surface area contributed by atoms with Gasteiger partial charge in [-0.3, -0.25) is 0 Å². The van der Waals surface area contributed by atoms with Crippen LogP contribution in [0.15, 0.2) is 0 Å². The maximum absolute atomic E-state index is 12.0. The zero-order chi connectivity index (χ0) is 11.5. The second kappa shape index (κ2) is 4.84. The van der Waals surface area contributed by atoms with Crippen LogP contribution in [-0.4, -0.2) is 26.9 Å². The van der Waals surface area contributed by atoms with Crippen molar-refractivity contribution < 1.29 is 17.9 Å². The summed E-state index contributed by atoms with van der Waals surface area (Å²) in [6, 6.07) is 0.181. The van der Waals surface area contributed by atoms with E-state index in [1.165, 1.54) is 0 Å². The van der Waals surface area contributed by atoms with Gasteiger partial charge in [-0.1, -0.05) is 6.55 Å². The average molecular weight is 241 g/mol. The maximum atomic E-state index is 12.0. The van der Waals surface area contributed by atoms with E-state index < -0.39 is 26.7 Å². The normalized spacial score (nSPS) is 30.2. The standard InChI is InChI=1S/C9H18F3NOSi/c1-15(7-5-8(10,11)12)9(13)4-2-3-6-14-9/h15H,2-7,13H2,1H3. The van der Waals surface area contributed by atoms with Gasteiger partial charge in [0.2, 0.25) is 0 Å². The molecule has 1 aliphatic heterocycles. The zero-order valence-electron chi connectivity index (χ0n) is 8.94. The highest BCUT2D eigenvalue weighted by molar-refractivity contribution is 6.60. The first-order chi connectivity index (χ1) is 6.83. The van der Waals surface area contributed by atoms with E-state index in [1.807, 2.05) is 6.55 Å². The van der Waals surface area contributed by atoms with Crippen molar-refractivity contribution in [3.63, 3.8) is 0 Å². The minimum Gasteiger partial charge on any atom is -0.365 e. The summed E-state index contributed by atoms with van der Waals surface area (Å²) in [4.78, 5) is 0. The molecule has 0 radical (unpaired) electrons. The Morgan fingerprint density at radius 1 is 1.40 bits per heavy atom. The lowest BCUT2D eigenvalue weighted by atomic mass is 10.2. The van der Waals surface area contributed by atoms with Crippen LogP contribution in [0.25, 0.3) is 0 Å². The van der Waals surface area contributed by atoms with E-state index in [0.717, 1.165) is 19.3 Å². The van der Waals surface area contributed by atoms with Gasteiger partial charge in [0, 0.05) is 13.0 Å². The molecule has 2 unspecified atom stereocenters. The third-order valence-corrected chi connectivity index (χ3v) is 6.31. The summed E-state index contributed by atoms with van der Waals surface area (Å²) in [7, 11) is -1.66. The second-order valence-electron chi connectivity index (χ2n) is 4.32. The van der Waals surface area contributed by atoms with Crippen molar-refractivity contribution in [1.29, 1.82) is 0 Å². The van der Waals surface area contributed by atoms with Crippen molar-refractivity contribution >= 4 is 8.80 Å². The smallest absolute Gasteiger partial charge is 0.365 e. The fourth-order valence-electron chi connectivity index (χ4n) is 1.85. The second-order valence-corrected chi connectivity index (χ2v) is 7.67. The van der Waals surface area contributed by atoms with Crippen molar-refractivity contribution in [2.75, 3.05) is 6.61 Å². The fraction of sp³-hybridized carbons (Fsp3) is 1.00. The lowest BCUT2D eigenvalue weighted by Crippen LogP contribution is -2.56. The summed E-state index contributed by atoms with van der Waals surface area (Å²) in [6.07, 6.45) is -2.12. The summed E-state index contributed by atoms with van der Waals surface area (Å²) in [6.45, 7) is 2.47. The van der Waals surface area contributed by atoms with Crippen LogP contribution in [0.1, 0.15) is 25.7 Å². The van der Waals surface area contributed by atoms with Crippen molar-refractivity contribution in [1.82, 2.24) is 0 Å². The number of hydrogen-bond donors (Lipinski definition) is 1. The Morgan fingerprint density at radius 2 is 2.07 bits per heavy atom. The quantitative estimate of drug-likeness (QED) is 0.769. The van der Waals surface area contributed by atoms with E-state index in [-0.39, 0.29) is 6.04 Å². The number of hydrogen-bond acceptors (Lipinski definition) is 2. The highest BCUT2D eigenvalue weighted by atomic mass is 28.3. The predicted molar refractivity (Wildman–Crippen MR) is 55.2 cm³/mol. The summed E-state index contributed by atoms with van der Waals surface area (Å²) >= 11 is 0. The molecule has 0 aromatic carbocycles. The minimum absolute atomic E-state index is 0.181. The lowest BCUT2D eigenvalue weighted by molar-refractivity contribution is -0.131. The van der Waals surface area contributed by atoms with Crippen molar-refractivity contribution in [2.45, 2.75) is 49.8 Å². The number of rotatable bonds is 3. The molecule has 1 aliphatic rings. The van der Waals surface area contributed by atoms with Gasteiger partial charge in [0.1, 0.15) is 0 Å². The highest BCUT2D eigenvalue weighted by Crippen LogP contribution is 2.29. The van der Waals surface area contributed by atoms with E-state index in [2.05, 4.69) is 0 Å². The first kappa shape index (κ1) is 13.0. The predicted octanol–water partition coefficient (Wildman–Crippen LogP) is 2.19. The Balaban J connectivity index is 2.41. The molecule has 0 aromatic heterocycles. The highest BCUT2D eigenvalue weighted by Gasteiger charge is 2.38. The van der Waals surface area contributed by atoms with E-state index in [4.69, 9.17) is 10.5 Å². The van der Waals surface area contributed by atoms with Crippen LogP contribution in [0.4, 0.5) is 13.2 Å². The Kier molecular flexibility index (Phi) is 4.19. The molecule has 0 bridgehead atoms. The number of alkyl halides is 3. The Labute approximate surface area is 89.6 Å². The fourth-order valence-corrected chi connectivity index (χ4v) is 4.20. The molecule has 6 heteroatoms. The molecule has 2 atom stereocenters. The van der Waals surface area contributed by atoms with Gasteiger partial charge in [0.25, 0.3) is 0 Å². The lowest BCUT2D eigenvalue weighted by Gasteiger charge is -2.38. The van der Waals surface area contributed by atoms with Gasteiger partial charge in [-0.25, -0.2) is 0 Å². The molecule has 90 valence electrons. The molecule has 0 saturated carbocycles. The topological polar surface area (TPSA) is 35.2 Å². The largest absolute Gasteiger partial charge is 0.388 e. The average Bonchev–Trinajstić information content (AvgIpc) is 2.14. The summed E-state index contributed by atoms with van der Waals surface area (Å²) in [5.74, 6) is 0. The maximum Gasteiger partial charge on any atom is 0.388 e. The van der Waals surface area contributed by atoms with Crippen LogP contribution in [-0.2, 0) is 4.74 Å². The molecule has 1 rings (SSSR count). The van der Waals surface area contributed by atoms with Crippen LogP contribution in [0.2, 0.25) is 12.6 Å². The SMILES string of the molecule is C[SiH](CCC(F)(F)F)C1(N)CCCCO1. The van der Waals surface area contributed by atoms with E-state index in [9.17, 15) is 13.2 Å². The Morgan fingerprint density at radius 3 is 2.53 bits per heavy atom. The molecule has 0 spiro atoms. The molecular formula is C9H18F3NOSi. The Hall–Kier alpha value is -0.0731. The molecule has 2 N–H and O–H groups in total. The molecule has 1 fully saturated rings. The van der Waals surface area contributed by atoms with Gasteiger partial charge >= 0.3 is 6.18 Å². The zero-order valence-corrected chi connectivity index (χ0v) is 10.1. The molecule has 0 aliphatic carbocycles.